The maximum absolute atomic E-state index is 10.7. The van der Waals surface area contributed by atoms with Crippen LogP contribution in [0.25, 0.3) is 17.2 Å². The number of nitrogens with zero attached hydrogens (tertiary/aromatic N) is 2. The second-order valence-electron chi connectivity index (χ2n) is 4.64. The normalized spacial score (nSPS) is 11.7. The molecule has 94 valence electrons. The standard InChI is InChI=1S/C13H16N4O/c1-8(2)5-10-7-16-13-12(17-10)9(6-15-13)3-4-11(14)18/h3-4,6-8H,5H2,1-2H3,(H2,14,18)(H,15,16)/b4-3+. The molecule has 5 nitrogen and oxygen atoms in total. The summed E-state index contributed by atoms with van der Waals surface area (Å²) >= 11 is 0. The van der Waals surface area contributed by atoms with Gasteiger partial charge in [0.25, 0.3) is 0 Å². The number of hydrogen-bond acceptors (Lipinski definition) is 3. The fourth-order valence-corrected chi connectivity index (χ4v) is 1.76. The summed E-state index contributed by atoms with van der Waals surface area (Å²) in [5, 5.41) is 0. The quantitative estimate of drug-likeness (QED) is 0.802. The minimum absolute atomic E-state index is 0.476. The Balaban J connectivity index is 2.40. The van der Waals surface area contributed by atoms with E-state index < -0.39 is 5.91 Å². The Kier molecular flexibility index (Phi) is 3.41. The lowest BCUT2D eigenvalue weighted by Gasteiger charge is -2.03. The molecule has 1 amide bonds. The van der Waals surface area contributed by atoms with E-state index in [-0.39, 0.29) is 0 Å². The minimum Gasteiger partial charge on any atom is -0.366 e. The van der Waals surface area contributed by atoms with E-state index in [1.54, 1.807) is 18.5 Å². The van der Waals surface area contributed by atoms with Crippen molar-refractivity contribution in [2.45, 2.75) is 20.3 Å². The number of rotatable bonds is 4. The van der Waals surface area contributed by atoms with Crippen LogP contribution in [0.3, 0.4) is 0 Å². The number of fused-ring (bicyclic) bond motifs is 1. The Labute approximate surface area is 105 Å². The van der Waals surface area contributed by atoms with Crippen LogP contribution in [0.5, 0.6) is 0 Å². The van der Waals surface area contributed by atoms with E-state index in [1.807, 2.05) is 0 Å². The Bertz CT molecular complexity index is 598. The van der Waals surface area contributed by atoms with Crippen LogP contribution in [0, 0.1) is 5.92 Å². The minimum atomic E-state index is -0.476. The van der Waals surface area contributed by atoms with Gasteiger partial charge in [-0.25, -0.2) is 9.97 Å². The molecule has 5 heteroatoms. The second kappa shape index (κ2) is 5.00. The van der Waals surface area contributed by atoms with Crippen LogP contribution in [-0.2, 0) is 11.2 Å². The monoisotopic (exact) mass is 244 g/mol. The first kappa shape index (κ1) is 12.3. The van der Waals surface area contributed by atoms with Crippen LogP contribution in [-0.4, -0.2) is 20.9 Å². The highest BCUT2D eigenvalue weighted by Gasteiger charge is 2.07. The largest absolute Gasteiger partial charge is 0.366 e. The second-order valence-corrected chi connectivity index (χ2v) is 4.64. The third kappa shape index (κ3) is 2.74. The number of nitrogens with two attached hydrogens (primary N) is 1. The van der Waals surface area contributed by atoms with Gasteiger partial charge in [-0.15, -0.1) is 0 Å². The van der Waals surface area contributed by atoms with Crippen molar-refractivity contribution in [3.8, 4) is 0 Å². The molecule has 2 aromatic heterocycles. The summed E-state index contributed by atoms with van der Waals surface area (Å²) < 4.78 is 0. The first-order valence-electron chi connectivity index (χ1n) is 5.87. The molecule has 3 N–H and O–H groups in total. The summed E-state index contributed by atoms with van der Waals surface area (Å²) in [5.74, 6) is 0.0518. The summed E-state index contributed by atoms with van der Waals surface area (Å²) in [6.45, 7) is 4.27. The highest BCUT2D eigenvalue weighted by atomic mass is 16.1. The van der Waals surface area contributed by atoms with Gasteiger partial charge in [-0.2, -0.15) is 0 Å². The van der Waals surface area contributed by atoms with Gasteiger partial charge < -0.3 is 10.7 Å². The predicted molar refractivity (Wildman–Crippen MR) is 70.7 cm³/mol. The maximum atomic E-state index is 10.7. The van der Waals surface area contributed by atoms with Gasteiger partial charge in [-0.1, -0.05) is 13.8 Å². The van der Waals surface area contributed by atoms with E-state index in [0.717, 1.165) is 23.2 Å². The molecule has 0 saturated carbocycles. The van der Waals surface area contributed by atoms with Crippen molar-refractivity contribution in [3.63, 3.8) is 0 Å². The van der Waals surface area contributed by atoms with E-state index in [0.29, 0.717) is 11.6 Å². The van der Waals surface area contributed by atoms with Crippen molar-refractivity contribution < 1.29 is 4.79 Å². The van der Waals surface area contributed by atoms with Crippen LogP contribution < -0.4 is 5.73 Å². The molecule has 0 bridgehead atoms. The maximum Gasteiger partial charge on any atom is 0.241 e. The van der Waals surface area contributed by atoms with Gasteiger partial charge in [0.1, 0.15) is 5.52 Å². The topological polar surface area (TPSA) is 84.7 Å². The molecule has 0 spiro atoms. The number of hydrogen-bond donors (Lipinski definition) is 2. The fraction of sp³-hybridized carbons (Fsp3) is 0.308. The first-order valence-corrected chi connectivity index (χ1v) is 5.87. The Morgan fingerprint density at radius 3 is 3.00 bits per heavy atom. The van der Waals surface area contributed by atoms with Crippen molar-refractivity contribution in [2.24, 2.45) is 11.7 Å². The molecule has 0 radical (unpaired) electrons. The highest BCUT2D eigenvalue weighted by Crippen LogP contribution is 2.16. The summed E-state index contributed by atoms with van der Waals surface area (Å²) in [6, 6.07) is 0. The van der Waals surface area contributed by atoms with Gasteiger partial charge in [-0.3, -0.25) is 4.79 Å². The van der Waals surface area contributed by atoms with Gasteiger partial charge in [0.2, 0.25) is 5.91 Å². The molecule has 0 saturated heterocycles. The molecule has 0 aliphatic carbocycles. The van der Waals surface area contributed by atoms with Gasteiger partial charge >= 0.3 is 0 Å². The highest BCUT2D eigenvalue weighted by molar-refractivity contribution is 5.93. The van der Waals surface area contributed by atoms with Crippen molar-refractivity contribution in [3.05, 3.63) is 29.7 Å². The molecule has 0 fully saturated rings. The number of carbonyl (C=O) groups is 1. The Hall–Kier alpha value is -2.17. The molecule has 2 heterocycles. The Morgan fingerprint density at radius 2 is 2.33 bits per heavy atom. The molecule has 2 rings (SSSR count). The summed E-state index contributed by atoms with van der Waals surface area (Å²) in [5.41, 5.74) is 8.33. The number of aromatic amines is 1. The molecular formula is C13H16N4O. The Morgan fingerprint density at radius 1 is 1.56 bits per heavy atom. The third-order valence-corrected chi connectivity index (χ3v) is 2.50. The lowest BCUT2D eigenvalue weighted by Crippen LogP contribution is -2.05. The lowest BCUT2D eigenvalue weighted by molar-refractivity contribution is -0.113. The molecule has 0 unspecified atom stereocenters. The zero-order chi connectivity index (χ0) is 13.1. The number of nitrogens with one attached hydrogen (secondary N) is 1. The summed E-state index contributed by atoms with van der Waals surface area (Å²) in [7, 11) is 0. The number of H-pyrrole nitrogens is 1. The summed E-state index contributed by atoms with van der Waals surface area (Å²) in [4.78, 5) is 22.6. The van der Waals surface area contributed by atoms with E-state index in [4.69, 9.17) is 5.73 Å². The van der Waals surface area contributed by atoms with Crippen LogP contribution in [0.2, 0.25) is 0 Å². The van der Waals surface area contributed by atoms with Crippen molar-refractivity contribution >= 4 is 23.1 Å². The van der Waals surface area contributed by atoms with Gasteiger partial charge in [-0.05, 0) is 18.4 Å². The zero-order valence-corrected chi connectivity index (χ0v) is 10.5. The van der Waals surface area contributed by atoms with Crippen molar-refractivity contribution in [1.82, 2.24) is 15.0 Å². The number of primary amides is 1. The van der Waals surface area contributed by atoms with E-state index in [1.165, 1.54) is 6.08 Å². The van der Waals surface area contributed by atoms with Crippen LogP contribution >= 0.6 is 0 Å². The number of aromatic nitrogens is 3. The number of carbonyl (C=O) groups excluding carboxylic acids is 1. The van der Waals surface area contributed by atoms with E-state index in [2.05, 4.69) is 28.8 Å². The van der Waals surface area contributed by atoms with Crippen molar-refractivity contribution in [2.75, 3.05) is 0 Å². The summed E-state index contributed by atoms with van der Waals surface area (Å²) in [6.07, 6.45) is 7.39. The molecule has 2 aromatic rings. The third-order valence-electron chi connectivity index (χ3n) is 2.50. The number of amides is 1. The molecular weight excluding hydrogens is 228 g/mol. The van der Waals surface area contributed by atoms with E-state index in [9.17, 15) is 4.79 Å². The van der Waals surface area contributed by atoms with E-state index >= 15 is 0 Å². The van der Waals surface area contributed by atoms with Crippen LogP contribution in [0.4, 0.5) is 0 Å². The average molecular weight is 244 g/mol. The average Bonchev–Trinajstić information content (AvgIpc) is 2.68. The van der Waals surface area contributed by atoms with Gasteiger partial charge in [0.15, 0.2) is 5.65 Å². The molecule has 0 aliphatic heterocycles. The lowest BCUT2D eigenvalue weighted by atomic mass is 10.1. The predicted octanol–water partition coefficient (Wildman–Crippen LogP) is 1.65. The molecule has 0 aliphatic rings. The zero-order valence-electron chi connectivity index (χ0n) is 10.5. The molecule has 18 heavy (non-hydrogen) atoms. The smallest absolute Gasteiger partial charge is 0.241 e. The molecule has 0 atom stereocenters. The van der Waals surface area contributed by atoms with Crippen LogP contribution in [0.15, 0.2) is 18.5 Å². The van der Waals surface area contributed by atoms with Gasteiger partial charge in [0.05, 0.1) is 11.9 Å². The first-order chi connectivity index (χ1) is 8.56. The van der Waals surface area contributed by atoms with Gasteiger partial charge in [0, 0.05) is 17.8 Å². The van der Waals surface area contributed by atoms with Crippen LogP contribution in [0.1, 0.15) is 25.1 Å². The SMILES string of the molecule is CC(C)Cc1cnc2[nH]cc(/C=C/C(N)=O)c2n1. The molecule has 0 aromatic carbocycles. The fourth-order valence-electron chi connectivity index (χ4n) is 1.76. The van der Waals surface area contributed by atoms with Crippen molar-refractivity contribution in [1.29, 1.82) is 0 Å².